The monoisotopic (exact) mass is 358 g/mol. The van der Waals surface area contributed by atoms with Crippen molar-refractivity contribution in [2.75, 3.05) is 26.2 Å². The third-order valence-corrected chi connectivity index (χ3v) is 6.03. The van der Waals surface area contributed by atoms with E-state index in [1.165, 1.54) is 49.0 Å². The summed E-state index contributed by atoms with van der Waals surface area (Å²) in [5.74, 6) is 0. The zero-order chi connectivity index (χ0) is 18.4. The number of fused-ring (bicyclic) bond motifs is 1. The van der Waals surface area contributed by atoms with Gasteiger partial charge in [-0.25, -0.2) is 4.79 Å². The normalized spacial score (nSPS) is 20.6. The second kappa shape index (κ2) is 9.40. The number of hydrogen-bond donors (Lipinski definition) is 1. The Labute approximate surface area is 158 Å². The van der Waals surface area contributed by atoms with Gasteiger partial charge in [0, 0.05) is 13.1 Å². The van der Waals surface area contributed by atoms with Crippen molar-refractivity contribution in [1.29, 1.82) is 0 Å². The Morgan fingerprint density at radius 3 is 2.77 bits per heavy atom. The van der Waals surface area contributed by atoms with Crippen molar-refractivity contribution in [3.05, 3.63) is 34.9 Å². The van der Waals surface area contributed by atoms with Crippen LogP contribution in [0.15, 0.2) is 18.2 Å². The van der Waals surface area contributed by atoms with E-state index in [-0.39, 0.29) is 6.04 Å². The van der Waals surface area contributed by atoms with Crippen LogP contribution in [0.25, 0.3) is 0 Å². The largest absolute Gasteiger partial charge is 0.465 e. The van der Waals surface area contributed by atoms with Crippen LogP contribution in [0.1, 0.15) is 74.6 Å². The zero-order valence-corrected chi connectivity index (χ0v) is 16.3. The Morgan fingerprint density at radius 1 is 1.23 bits per heavy atom. The summed E-state index contributed by atoms with van der Waals surface area (Å²) in [5.41, 5.74) is 4.03. The molecule has 26 heavy (non-hydrogen) atoms. The van der Waals surface area contributed by atoms with E-state index >= 15 is 0 Å². The van der Waals surface area contributed by atoms with E-state index in [0.717, 1.165) is 45.1 Å². The molecule has 0 aromatic heterocycles. The highest BCUT2D eigenvalue weighted by Gasteiger charge is 2.28. The SMILES string of the molecule is CCCCN(C(=O)O)C1CCCc2cc(CCN3CCCCC3)ccc21. The summed E-state index contributed by atoms with van der Waals surface area (Å²) in [6, 6.07) is 6.85. The van der Waals surface area contributed by atoms with E-state index in [1.807, 2.05) is 0 Å². The van der Waals surface area contributed by atoms with Crippen LogP contribution in [-0.4, -0.2) is 47.2 Å². The molecule has 4 nitrogen and oxygen atoms in total. The van der Waals surface area contributed by atoms with Crippen molar-refractivity contribution in [3.8, 4) is 0 Å². The van der Waals surface area contributed by atoms with Crippen LogP contribution in [-0.2, 0) is 12.8 Å². The summed E-state index contributed by atoms with van der Waals surface area (Å²) in [6.45, 7) is 6.41. The minimum atomic E-state index is -0.773. The molecule has 1 aliphatic carbocycles. The fourth-order valence-electron chi connectivity index (χ4n) is 4.50. The first-order valence-electron chi connectivity index (χ1n) is 10.5. The molecule has 0 radical (unpaired) electrons. The molecule has 144 valence electrons. The first-order valence-corrected chi connectivity index (χ1v) is 10.5. The summed E-state index contributed by atoms with van der Waals surface area (Å²) in [6.07, 6.45) is 9.49. The number of likely N-dealkylation sites (tertiary alicyclic amines) is 1. The van der Waals surface area contributed by atoms with Gasteiger partial charge in [-0.1, -0.05) is 38.0 Å². The summed E-state index contributed by atoms with van der Waals surface area (Å²) in [5, 5.41) is 9.68. The molecule has 0 saturated carbocycles. The molecule has 0 bridgehead atoms. The highest BCUT2D eigenvalue weighted by molar-refractivity contribution is 5.66. The molecule has 1 fully saturated rings. The van der Waals surface area contributed by atoms with Crippen molar-refractivity contribution in [2.24, 2.45) is 0 Å². The van der Waals surface area contributed by atoms with Gasteiger partial charge >= 0.3 is 6.09 Å². The van der Waals surface area contributed by atoms with Gasteiger partial charge in [-0.2, -0.15) is 0 Å². The second-order valence-corrected chi connectivity index (χ2v) is 7.92. The fourth-order valence-corrected chi connectivity index (χ4v) is 4.50. The summed E-state index contributed by atoms with van der Waals surface area (Å²) < 4.78 is 0. The first-order chi connectivity index (χ1) is 12.7. The standard InChI is InChI=1S/C22H34N2O2/c1-2-3-15-24(22(25)26)21-9-7-8-19-17-18(10-11-20(19)21)12-16-23-13-5-4-6-14-23/h10-11,17,21H,2-9,12-16H2,1H3,(H,25,26). The number of carboxylic acid groups (broad SMARTS) is 1. The van der Waals surface area contributed by atoms with Gasteiger partial charge in [0.05, 0.1) is 6.04 Å². The zero-order valence-electron chi connectivity index (χ0n) is 16.3. The van der Waals surface area contributed by atoms with Crippen molar-refractivity contribution in [3.63, 3.8) is 0 Å². The van der Waals surface area contributed by atoms with Crippen LogP contribution in [0.2, 0.25) is 0 Å². The Bertz CT molecular complexity index is 596. The number of aryl methyl sites for hydroxylation is 1. The molecule has 1 saturated heterocycles. The molecule has 1 unspecified atom stereocenters. The van der Waals surface area contributed by atoms with Crippen molar-refractivity contribution >= 4 is 6.09 Å². The van der Waals surface area contributed by atoms with Crippen molar-refractivity contribution in [2.45, 2.75) is 70.8 Å². The minimum absolute atomic E-state index is 0.0407. The van der Waals surface area contributed by atoms with Crippen LogP contribution >= 0.6 is 0 Å². The number of benzene rings is 1. The molecule has 3 rings (SSSR count). The molecule has 0 spiro atoms. The predicted molar refractivity (Wildman–Crippen MR) is 106 cm³/mol. The van der Waals surface area contributed by atoms with Gasteiger partial charge in [0.25, 0.3) is 0 Å². The van der Waals surface area contributed by atoms with E-state index < -0.39 is 6.09 Å². The predicted octanol–water partition coefficient (Wildman–Crippen LogP) is 4.87. The lowest BCUT2D eigenvalue weighted by molar-refractivity contribution is 0.117. The van der Waals surface area contributed by atoms with Crippen LogP contribution in [0.5, 0.6) is 0 Å². The molecule has 1 aromatic carbocycles. The summed E-state index contributed by atoms with van der Waals surface area (Å²) in [7, 11) is 0. The highest BCUT2D eigenvalue weighted by Crippen LogP contribution is 2.35. The number of unbranched alkanes of at least 4 members (excludes halogenated alkanes) is 1. The van der Waals surface area contributed by atoms with Crippen molar-refractivity contribution < 1.29 is 9.90 Å². The summed E-state index contributed by atoms with van der Waals surface area (Å²) >= 11 is 0. The lowest BCUT2D eigenvalue weighted by Gasteiger charge is -2.34. The van der Waals surface area contributed by atoms with E-state index in [9.17, 15) is 9.90 Å². The Hall–Kier alpha value is -1.55. The summed E-state index contributed by atoms with van der Waals surface area (Å²) in [4.78, 5) is 16.0. The Morgan fingerprint density at radius 2 is 2.04 bits per heavy atom. The number of hydrogen-bond acceptors (Lipinski definition) is 2. The number of carbonyl (C=O) groups is 1. The first kappa shape index (κ1) is 19.2. The maximum atomic E-state index is 11.8. The minimum Gasteiger partial charge on any atom is -0.465 e. The smallest absolute Gasteiger partial charge is 0.407 e. The van der Waals surface area contributed by atoms with E-state index in [4.69, 9.17) is 0 Å². The third-order valence-electron chi connectivity index (χ3n) is 6.03. The van der Waals surface area contributed by atoms with Crippen LogP contribution in [0, 0.1) is 0 Å². The van der Waals surface area contributed by atoms with Gasteiger partial charge < -0.3 is 14.9 Å². The number of rotatable bonds is 7. The lowest BCUT2D eigenvalue weighted by atomic mass is 9.85. The second-order valence-electron chi connectivity index (χ2n) is 7.92. The fraction of sp³-hybridized carbons (Fsp3) is 0.682. The van der Waals surface area contributed by atoms with Crippen LogP contribution in [0.3, 0.4) is 0 Å². The topological polar surface area (TPSA) is 43.8 Å². The number of nitrogens with zero attached hydrogens (tertiary/aromatic N) is 2. The molecule has 2 aliphatic rings. The highest BCUT2D eigenvalue weighted by atomic mass is 16.4. The van der Waals surface area contributed by atoms with E-state index in [1.54, 1.807) is 4.90 Å². The molecule has 4 heteroatoms. The maximum Gasteiger partial charge on any atom is 0.407 e. The Kier molecular flexibility index (Phi) is 6.95. The van der Waals surface area contributed by atoms with Crippen molar-refractivity contribution in [1.82, 2.24) is 9.80 Å². The number of piperidine rings is 1. The molecular formula is C22H34N2O2. The van der Waals surface area contributed by atoms with Gasteiger partial charge in [-0.05, 0) is 74.7 Å². The van der Waals surface area contributed by atoms with Gasteiger partial charge in [0.15, 0.2) is 0 Å². The molecule has 1 N–H and O–H groups in total. The molecular weight excluding hydrogens is 324 g/mol. The Balaban J connectivity index is 1.68. The van der Waals surface area contributed by atoms with E-state index in [0.29, 0.717) is 6.54 Å². The van der Waals surface area contributed by atoms with Gasteiger partial charge in [0.1, 0.15) is 0 Å². The van der Waals surface area contributed by atoms with Gasteiger partial charge in [-0.15, -0.1) is 0 Å². The van der Waals surface area contributed by atoms with Crippen LogP contribution < -0.4 is 0 Å². The molecule has 1 aromatic rings. The van der Waals surface area contributed by atoms with Crippen LogP contribution in [0.4, 0.5) is 4.79 Å². The maximum absolute atomic E-state index is 11.8. The average molecular weight is 359 g/mol. The quantitative estimate of drug-likeness (QED) is 0.756. The van der Waals surface area contributed by atoms with E-state index in [2.05, 4.69) is 30.0 Å². The lowest BCUT2D eigenvalue weighted by Crippen LogP contribution is -2.36. The number of amides is 1. The average Bonchev–Trinajstić information content (AvgIpc) is 2.67. The van der Waals surface area contributed by atoms with Gasteiger partial charge in [-0.3, -0.25) is 0 Å². The molecule has 1 heterocycles. The molecule has 1 amide bonds. The molecule has 1 atom stereocenters. The van der Waals surface area contributed by atoms with Gasteiger partial charge in [0.2, 0.25) is 0 Å². The molecule has 1 aliphatic heterocycles. The third kappa shape index (κ3) is 4.79.